The third-order valence-electron chi connectivity index (χ3n) is 10.6. The second-order valence-corrected chi connectivity index (χ2v) is 17.7. The van der Waals surface area contributed by atoms with E-state index in [1.54, 1.807) is 44.7 Å². The quantitative estimate of drug-likeness (QED) is 0.0343. The summed E-state index contributed by atoms with van der Waals surface area (Å²) in [4.78, 5) is 90.7. The zero-order chi connectivity index (χ0) is 48.1. The predicted octanol–water partition coefficient (Wildman–Crippen LogP) is 0.516. The number of alkyl carbamates (subject to hydrolysis) is 1. The highest BCUT2D eigenvalue weighted by Crippen LogP contribution is 2.21. The van der Waals surface area contributed by atoms with E-state index in [-0.39, 0.29) is 80.7 Å². The zero-order valence-electron chi connectivity index (χ0n) is 38.5. The van der Waals surface area contributed by atoms with Gasteiger partial charge in [-0.25, -0.2) is 9.59 Å². The predicted molar refractivity (Wildman–Crippen MR) is 244 cm³/mol. The van der Waals surface area contributed by atoms with Crippen LogP contribution in [0.15, 0.2) is 34.3 Å². The van der Waals surface area contributed by atoms with Crippen LogP contribution in [0.5, 0.6) is 5.75 Å². The van der Waals surface area contributed by atoms with Crippen LogP contribution in [0.25, 0.3) is 0 Å². The van der Waals surface area contributed by atoms with Gasteiger partial charge in [-0.15, -0.1) is 0 Å². The highest BCUT2D eigenvalue weighted by Gasteiger charge is 2.37. The van der Waals surface area contributed by atoms with Crippen LogP contribution in [0.3, 0.4) is 0 Å². The summed E-state index contributed by atoms with van der Waals surface area (Å²) in [6.45, 7) is 13.3. The molecule has 1 saturated heterocycles. The molecule has 2 rings (SSSR count). The molecule has 7 atom stereocenters. The Hall–Kier alpha value is -5.86. The number of aliphatic carboxylic acids is 1. The third-order valence-corrected chi connectivity index (χ3v) is 10.6. The van der Waals surface area contributed by atoms with Gasteiger partial charge in [0, 0.05) is 32.2 Å². The van der Waals surface area contributed by atoms with Gasteiger partial charge >= 0.3 is 12.1 Å². The maximum absolute atomic E-state index is 14.5. The van der Waals surface area contributed by atoms with Crippen molar-refractivity contribution in [2.75, 3.05) is 26.2 Å². The molecular formula is C43H74N12O9. The zero-order valence-corrected chi connectivity index (χ0v) is 38.5. The third kappa shape index (κ3) is 20.1. The number of aliphatic imine (C=N–C) groups is 2. The molecule has 21 nitrogen and oxygen atoms in total. The van der Waals surface area contributed by atoms with E-state index in [1.807, 2.05) is 20.8 Å². The molecule has 1 fully saturated rings. The van der Waals surface area contributed by atoms with Crippen molar-refractivity contribution in [2.45, 2.75) is 148 Å². The number of guanidine groups is 2. The lowest BCUT2D eigenvalue weighted by Crippen LogP contribution is -2.59. The van der Waals surface area contributed by atoms with Gasteiger partial charge in [0.15, 0.2) is 11.9 Å². The Morgan fingerprint density at radius 1 is 0.812 bits per heavy atom. The molecular weight excluding hydrogens is 829 g/mol. The number of ether oxygens (including phenoxy) is 1. The first-order chi connectivity index (χ1) is 30.0. The molecule has 0 spiro atoms. The Bertz CT molecular complexity index is 1740. The Balaban J connectivity index is 2.40. The number of nitrogens with two attached hydrogens (primary N) is 4. The van der Waals surface area contributed by atoms with Crippen LogP contribution in [-0.4, -0.2) is 131 Å². The number of nitrogens with one attached hydrogen (secondary N) is 5. The Morgan fingerprint density at radius 3 is 1.91 bits per heavy atom. The van der Waals surface area contributed by atoms with Gasteiger partial charge in [-0.3, -0.25) is 29.2 Å². The summed E-state index contributed by atoms with van der Waals surface area (Å²) >= 11 is 0. The monoisotopic (exact) mass is 903 g/mol. The molecule has 0 aliphatic carbocycles. The Morgan fingerprint density at radius 2 is 1.38 bits per heavy atom. The summed E-state index contributed by atoms with van der Waals surface area (Å²) in [5, 5.41) is 34.0. The van der Waals surface area contributed by atoms with Crippen LogP contribution in [0.4, 0.5) is 4.79 Å². The van der Waals surface area contributed by atoms with Crippen molar-refractivity contribution < 1.29 is 43.7 Å². The number of rotatable bonds is 26. The number of hydrogen-bond donors (Lipinski definition) is 11. The van der Waals surface area contributed by atoms with E-state index in [0.717, 1.165) is 0 Å². The summed E-state index contributed by atoms with van der Waals surface area (Å²) in [7, 11) is 0. The van der Waals surface area contributed by atoms with E-state index in [9.17, 15) is 39.0 Å². The van der Waals surface area contributed by atoms with E-state index < -0.39 is 71.6 Å². The van der Waals surface area contributed by atoms with Gasteiger partial charge in [0.1, 0.15) is 35.5 Å². The Labute approximate surface area is 376 Å². The number of likely N-dealkylation sites (tertiary alicyclic amines) is 1. The number of phenolic OH excluding ortho intramolecular Hbond substituents is 1. The van der Waals surface area contributed by atoms with Crippen LogP contribution >= 0.6 is 0 Å². The molecule has 0 aromatic heterocycles. The van der Waals surface area contributed by atoms with Crippen molar-refractivity contribution in [3.05, 3.63) is 29.8 Å². The number of phenols is 1. The average molecular weight is 903 g/mol. The second-order valence-electron chi connectivity index (χ2n) is 17.7. The van der Waals surface area contributed by atoms with Crippen molar-refractivity contribution in [2.24, 2.45) is 44.8 Å². The van der Waals surface area contributed by atoms with Crippen molar-refractivity contribution >= 4 is 47.6 Å². The first kappa shape index (κ1) is 54.3. The minimum atomic E-state index is -1.17. The molecule has 0 bridgehead atoms. The molecule has 0 unspecified atom stereocenters. The molecule has 1 aliphatic rings. The molecule has 360 valence electrons. The van der Waals surface area contributed by atoms with Crippen LogP contribution in [0.2, 0.25) is 0 Å². The van der Waals surface area contributed by atoms with Gasteiger partial charge in [0.2, 0.25) is 23.6 Å². The molecule has 64 heavy (non-hydrogen) atoms. The standard InChI is InChI=1S/C43H74N12O9/c1-8-26(4)34(37(59)52-33(39(61)62)22-25(2)3)54-36(58)32(23-27-15-17-29(56)18-16-27)50-24-28-12-11-21-55(28)38(60)31(14-10-20-49-41(46)47)51-35(57)30(13-9-19-48-40(44)45)53-42(63)64-43(5,6)7/h15-18,25-26,28,30-34,50,56H,8-14,19-24H2,1-7H3,(H,51,57)(H,52,59)(H,53,63)(H,54,58)(H,61,62)(H4,44,45,48)(H4,46,47,49)/t26-,28-,30-,31-,32-,33-,34-/m0/s1. The number of carbonyl (C=O) groups excluding carboxylic acids is 5. The summed E-state index contributed by atoms with van der Waals surface area (Å²) in [6.07, 6.45) is 2.14. The molecule has 15 N–H and O–H groups in total. The van der Waals surface area contributed by atoms with Crippen LogP contribution in [0, 0.1) is 11.8 Å². The molecule has 5 amide bonds. The molecule has 1 aromatic carbocycles. The van der Waals surface area contributed by atoms with Crippen molar-refractivity contribution in [3.8, 4) is 5.75 Å². The fraction of sp³-hybridized carbons (Fsp3) is 0.674. The molecule has 0 radical (unpaired) electrons. The number of aromatic hydroxyl groups is 1. The summed E-state index contributed by atoms with van der Waals surface area (Å²) in [6, 6.07) is 0.627. The highest BCUT2D eigenvalue weighted by atomic mass is 16.6. The van der Waals surface area contributed by atoms with Crippen molar-refractivity contribution in [1.29, 1.82) is 0 Å². The lowest BCUT2D eigenvalue weighted by Gasteiger charge is -2.32. The molecule has 1 aliphatic heterocycles. The molecule has 0 saturated carbocycles. The minimum absolute atomic E-state index is 0.0128. The van der Waals surface area contributed by atoms with Gasteiger partial charge in [-0.05, 0) is 102 Å². The highest BCUT2D eigenvalue weighted by molar-refractivity contribution is 5.93. The van der Waals surface area contributed by atoms with Gasteiger partial charge in [0.05, 0.1) is 6.04 Å². The number of carboxylic acid groups (broad SMARTS) is 1. The van der Waals surface area contributed by atoms with Gasteiger partial charge in [0.25, 0.3) is 0 Å². The summed E-state index contributed by atoms with van der Waals surface area (Å²) in [5.41, 5.74) is 21.9. The number of carboxylic acids is 1. The van der Waals surface area contributed by atoms with E-state index in [2.05, 4.69) is 36.6 Å². The number of hydrogen-bond acceptors (Lipinski definition) is 11. The maximum atomic E-state index is 14.5. The lowest BCUT2D eigenvalue weighted by molar-refractivity contribution is -0.143. The van der Waals surface area contributed by atoms with E-state index in [0.29, 0.717) is 44.2 Å². The largest absolute Gasteiger partial charge is 0.508 e. The molecule has 21 heteroatoms. The molecule has 1 aromatic rings. The maximum Gasteiger partial charge on any atom is 0.408 e. The first-order valence-corrected chi connectivity index (χ1v) is 22.1. The smallest absolute Gasteiger partial charge is 0.408 e. The van der Waals surface area contributed by atoms with Gasteiger partial charge in [-0.2, -0.15) is 0 Å². The fourth-order valence-electron chi connectivity index (χ4n) is 7.11. The van der Waals surface area contributed by atoms with E-state index >= 15 is 0 Å². The SMILES string of the molecule is CC[C@H](C)[C@H](NC(=O)[C@H](Cc1ccc(O)cc1)NC[C@@H]1CCCN1C(=O)[C@H](CCCN=C(N)N)NC(=O)[C@H](CCCN=C(N)N)NC(=O)OC(C)(C)C)C(=O)N[C@@H](CC(C)C)C(=O)O. The van der Waals surface area contributed by atoms with E-state index in [4.69, 9.17) is 27.7 Å². The second kappa shape index (κ2) is 26.7. The lowest BCUT2D eigenvalue weighted by atomic mass is 9.96. The minimum Gasteiger partial charge on any atom is -0.508 e. The first-order valence-electron chi connectivity index (χ1n) is 22.1. The number of carbonyl (C=O) groups is 6. The number of amides is 5. The van der Waals surface area contributed by atoms with Gasteiger partial charge < -0.3 is 69.4 Å². The average Bonchev–Trinajstić information content (AvgIpc) is 3.68. The van der Waals surface area contributed by atoms with Gasteiger partial charge in [-0.1, -0.05) is 46.2 Å². The van der Waals surface area contributed by atoms with Crippen LogP contribution in [0.1, 0.15) is 105 Å². The topological polar surface area (TPSA) is 344 Å². The fourth-order valence-corrected chi connectivity index (χ4v) is 7.11. The number of benzene rings is 1. The van der Waals surface area contributed by atoms with Crippen LogP contribution < -0.4 is 49.5 Å². The van der Waals surface area contributed by atoms with Crippen molar-refractivity contribution in [1.82, 2.24) is 31.5 Å². The van der Waals surface area contributed by atoms with Crippen molar-refractivity contribution in [3.63, 3.8) is 0 Å². The Kier molecular flexibility index (Phi) is 22.6. The number of nitrogens with zero attached hydrogens (tertiary/aromatic N) is 3. The summed E-state index contributed by atoms with van der Waals surface area (Å²) < 4.78 is 5.41. The van der Waals surface area contributed by atoms with E-state index in [1.165, 1.54) is 12.1 Å². The van der Waals surface area contributed by atoms with Crippen LogP contribution in [-0.2, 0) is 35.1 Å². The molecule has 1 heterocycles. The normalized spacial score (nSPS) is 16.6. The summed E-state index contributed by atoms with van der Waals surface area (Å²) in [5.74, 6) is -3.91.